The van der Waals surface area contributed by atoms with Gasteiger partial charge in [-0.3, -0.25) is 4.79 Å². The number of amides is 1. The van der Waals surface area contributed by atoms with Crippen LogP contribution in [0.1, 0.15) is 20.8 Å². The molecule has 1 amide bonds. The highest BCUT2D eigenvalue weighted by atomic mass is 16.2. The van der Waals surface area contributed by atoms with Gasteiger partial charge in [-0.2, -0.15) is 0 Å². The minimum absolute atomic E-state index is 0.0350. The lowest BCUT2D eigenvalue weighted by Crippen LogP contribution is -2.42. The van der Waals surface area contributed by atoms with Crippen LogP contribution >= 0.6 is 0 Å². The molecule has 0 saturated carbocycles. The molecule has 5 nitrogen and oxygen atoms in total. The average Bonchev–Trinajstić information content (AvgIpc) is 2.75. The largest absolute Gasteiger partial charge is 0.399 e. The predicted molar refractivity (Wildman–Crippen MR) is 80.0 cm³/mol. The van der Waals surface area contributed by atoms with Gasteiger partial charge in [-0.1, -0.05) is 0 Å². The maximum absolute atomic E-state index is 12.0. The molecule has 0 bridgehead atoms. The molecule has 5 heteroatoms. The van der Waals surface area contributed by atoms with Crippen molar-refractivity contribution in [3.63, 3.8) is 0 Å². The van der Waals surface area contributed by atoms with E-state index < -0.39 is 0 Å². The molecule has 1 aromatic carbocycles. The van der Waals surface area contributed by atoms with Crippen LogP contribution in [-0.2, 0) is 11.3 Å². The van der Waals surface area contributed by atoms with Gasteiger partial charge in [0.15, 0.2) is 0 Å². The summed E-state index contributed by atoms with van der Waals surface area (Å²) in [7, 11) is 0. The van der Waals surface area contributed by atoms with Crippen molar-refractivity contribution in [1.29, 1.82) is 0 Å². The SMILES string of the molecule is CC(C)(C)NC(=O)Cn1ccnc1-c1ccc(N)cc1. The lowest BCUT2D eigenvalue weighted by molar-refractivity contribution is -0.123. The van der Waals surface area contributed by atoms with E-state index in [1.807, 2.05) is 49.6 Å². The standard InChI is InChI=1S/C15H20N4O/c1-15(2,3)18-13(20)10-19-9-8-17-14(19)11-4-6-12(16)7-5-11/h4-9H,10,16H2,1-3H3,(H,18,20). The Morgan fingerprint density at radius 2 is 1.95 bits per heavy atom. The van der Waals surface area contributed by atoms with E-state index in [2.05, 4.69) is 10.3 Å². The Labute approximate surface area is 118 Å². The van der Waals surface area contributed by atoms with E-state index in [1.54, 1.807) is 12.4 Å². The molecule has 0 aliphatic rings. The van der Waals surface area contributed by atoms with E-state index >= 15 is 0 Å². The number of imidazole rings is 1. The summed E-state index contributed by atoms with van der Waals surface area (Å²) in [5, 5.41) is 2.94. The molecule has 0 radical (unpaired) electrons. The second-order valence-electron chi connectivity index (χ2n) is 5.80. The van der Waals surface area contributed by atoms with E-state index in [0.29, 0.717) is 5.69 Å². The Balaban J connectivity index is 2.17. The van der Waals surface area contributed by atoms with Crippen LogP contribution in [0, 0.1) is 0 Å². The van der Waals surface area contributed by atoms with Gasteiger partial charge in [-0.05, 0) is 45.0 Å². The van der Waals surface area contributed by atoms with Gasteiger partial charge in [0.1, 0.15) is 12.4 Å². The fourth-order valence-electron chi connectivity index (χ4n) is 1.94. The summed E-state index contributed by atoms with van der Waals surface area (Å²) in [5.41, 5.74) is 7.08. The smallest absolute Gasteiger partial charge is 0.240 e. The van der Waals surface area contributed by atoms with E-state index in [9.17, 15) is 4.79 Å². The Morgan fingerprint density at radius 3 is 2.55 bits per heavy atom. The number of carbonyl (C=O) groups excluding carboxylic acids is 1. The first-order valence-corrected chi connectivity index (χ1v) is 6.53. The summed E-state index contributed by atoms with van der Waals surface area (Å²) >= 11 is 0. The lowest BCUT2D eigenvalue weighted by atomic mass is 10.1. The average molecular weight is 272 g/mol. The highest BCUT2D eigenvalue weighted by molar-refractivity contribution is 5.77. The van der Waals surface area contributed by atoms with Crippen molar-refractivity contribution in [2.24, 2.45) is 0 Å². The summed E-state index contributed by atoms with van der Waals surface area (Å²) < 4.78 is 1.83. The molecule has 0 aliphatic carbocycles. The third-order valence-electron chi connectivity index (χ3n) is 2.71. The molecule has 1 aromatic heterocycles. The zero-order chi connectivity index (χ0) is 14.8. The van der Waals surface area contributed by atoms with Gasteiger partial charge in [0.2, 0.25) is 5.91 Å². The number of aromatic nitrogens is 2. The number of carbonyl (C=O) groups is 1. The first-order chi connectivity index (χ1) is 9.35. The minimum atomic E-state index is -0.237. The minimum Gasteiger partial charge on any atom is -0.399 e. The normalized spacial score (nSPS) is 11.3. The lowest BCUT2D eigenvalue weighted by Gasteiger charge is -2.21. The number of nitrogens with two attached hydrogens (primary N) is 1. The molecule has 106 valence electrons. The number of hydrogen-bond donors (Lipinski definition) is 2. The Morgan fingerprint density at radius 1 is 1.30 bits per heavy atom. The number of nitrogen functional groups attached to an aromatic ring is 1. The van der Waals surface area contributed by atoms with Gasteiger partial charge in [-0.15, -0.1) is 0 Å². The molecule has 20 heavy (non-hydrogen) atoms. The molecular formula is C15H20N4O. The van der Waals surface area contributed by atoms with Crippen LogP contribution in [0.2, 0.25) is 0 Å². The molecule has 3 N–H and O–H groups in total. The molecule has 0 atom stereocenters. The van der Waals surface area contributed by atoms with Crippen molar-refractivity contribution in [2.45, 2.75) is 32.9 Å². The predicted octanol–water partition coefficient (Wildman–Crippen LogP) is 2.05. The number of hydrogen-bond acceptors (Lipinski definition) is 3. The summed E-state index contributed by atoms with van der Waals surface area (Å²) in [5.74, 6) is 0.723. The monoisotopic (exact) mass is 272 g/mol. The Bertz CT molecular complexity index is 593. The van der Waals surface area contributed by atoms with Gasteiger partial charge in [0.05, 0.1) is 0 Å². The van der Waals surface area contributed by atoms with E-state index in [-0.39, 0.29) is 18.0 Å². The van der Waals surface area contributed by atoms with Crippen LogP contribution in [0.5, 0.6) is 0 Å². The molecule has 0 saturated heterocycles. The fraction of sp³-hybridized carbons (Fsp3) is 0.333. The molecule has 0 unspecified atom stereocenters. The highest BCUT2D eigenvalue weighted by Gasteiger charge is 2.15. The van der Waals surface area contributed by atoms with Crippen LogP contribution in [0.15, 0.2) is 36.7 Å². The first-order valence-electron chi connectivity index (χ1n) is 6.53. The molecule has 0 spiro atoms. The molecule has 2 rings (SSSR count). The summed E-state index contributed by atoms with van der Waals surface area (Å²) in [6.45, 7) is 6.12. The highest BCUT2D eigenvalue weighted by Crippen LogP contribution is 2.18. The van der Waals surface area contributed by atoms with Gasteiger partial charge < -0.3 is 15.6 Å². The number of anilines is 1. The molecular weight excluding hydrogens is 252 g/mol. The summed E-state index contributed by atoms with van der Waals surface area (Å²) in [6.07, 6.45) is 3.49. The number of nitrogens with zero attached hydrogens (tertiary/aromatic N) is 2. The maximum atomic E-state index is 12.0. The Kier molecular flexibility index (Phi) is 3.79. The number of nitrogens with one attached hydrogen (secondary N) is 1. The van der Waals surface area contributed by atoms with Crippen LogP contribution in [-0.4, -0.2) is 21.0 Å². The van der Waals surface area contributed by atoms with Crippen LogP contribution in [0.25, 0.3) is 11.4 Å². The first kappa shape index (κ1) is 14.1. The van der Waals surface area contributed by atoms with Gasteiger partial charge in [0, 0.05) is 29.2 Å². The second kappa shape index (κ2) is 5.36. The summed E-state index contributed by atoms with van der Waals surface area (Å²) in [4.78, 5) is 16.3. The third kappa shape index (κ3) is 3.60. The maximum Gasteiger partial charge on any atom is 0.240 e. The Hall–Kier alpha value is -2.30. The van der Waals surface area contributed by atoms with Crippen LogP contribution in [0.4, 0.5) is 5.69 Å². The van der Waals surface area contributed by atoms with Crippen LogP contribution in [0.3, 0.4) is 0 Å². The van der Waals surface area contributed by atoms with Crippen molar-refractivity contribution in [3.8, 4) is 11.4 Å². The number of benzene rings is 1. The third-order valence-corrected chi connectivity index (χ3v) is 2.71. The molecule has 1 heterocycles. The zero-order valence-electron chi connectivity index (χ0n) is 12.1. The van der Waals surface area contributed by atoms with E-state index in [0.717, 1.165) is 11.4 Å². The topological polar surface area (TPSA) is 72.9 Å². The van der Waals surface area contributed by atoms with Crippen molar-refractivity contribution in [1.82, 2.24) is 14.9 Å². The van der Waals surface area contributed by atoms with Crippen molar-refractivity contribution in [3.05, 3.63) is 36.7 Å². The van der Waals surface area contributed by atoms with Gasteiger partial charge >= 0.3 is 0 Å². The fourth-order valence-corrected chi connectivity index (χ4v) is 1.94. The quantitative estimate of drug-likeness (QED) is 0.840. The van der Waals surface area contributed by atoms with Crippen LogP contribution < -0.4 is 11.1 Å². The van der Waals surface area contributed by atoms with Gasteiger partial charge in [0.25, 0.3) is 0 Å². The van der Waals surface area contributed by atoms with Crippen molar-refractivity contribution >= 4 is 11.6 Å². The molecule has 0 aliphatic heterocycles. The van der Waals surface area contributed by atoms with Gasteiger partial charge in [-0.25, -0.2) is 4.98 Å². The van der Waals surface area contributed by atoms with Crippen molar-refractivity contribution in [2.75, 3.05) is 5.73 Å². The van der Waals surface area contributed by atoms with E-state index in [1.165, 1.54) is 0 Å². The summed E-state index contributed by atoms with van der Waals surface area (Å²) in [6, 6.07) is 7.44. The second-order valence-corrected chi connectivity index (χ2v) is 5.80. The number of rotatable bonds is 3. The zero-order valence-corrected chi connectivity index (χ0v) is 12.1. The molecule has 2 aromatic rings. The molecule has 0 fully saturated rings. The van der Waals surface area contributed by atoms with Crippen molar-refractivity contribution < 1.29 is 4.79 Å². The van der Waals surface area contributed by atoms with E-state index in [4.69, 9.17) is 5.73 Å².